The average molecular weight is 258 g/mol. The lowest BCUT2D eigenvalue weighted by Crippen LogP contribution is -2.48. The lowest BCUT2D eigenvalue weighted by Gasteiger charge is -2.39. The highest BCUT2D eigenvalue weighted by Crippen LogP contribution is 2.24. The molecule has 3 nitrogen and oxygen atoms in total. The SMILES string of the molecule is CC(CCN)SCC(=O)N1C(C)CCCC1C. The fraction of sp³-hybridized carbons (Fsp3) is 0.923. The third kappa shape index (κ3) is 4.51. The molecule has 1 saturated heterocycles. The Kier molecular flexibility index (Phi) is 6.34. The van der Waals surface area contributed by atoms with E-state index < -0.39 is 0 Å². The van der Waals surface area contributed by atoms with Gasteiger partial charge in [0.2, 0.25) is 5.91 Å². The quantitative estimate of drug-likeness (QED) is 0.822. The molecule has 0 bridgehead atoms. The minimum atomic E-state index is 0.304. The highest BCUT2D eigenvalue weighted by Gasteiger charge is 2.28. The van der Waals surface area contributed by atoms with E-state index >= 15 is 0 Å². The molecule has 2 N–H and O–H groups in total. The number of nitrogens with zero attached hydrogens (tertiary/aromatic N) is 1. The molecular weight excluding hydrogens is 232 g/mol. The maximum absolute atomic E-state index is 12.2. The second-order valence-corrected chi connectivity index (χ2v) is 6.56. The zero-order valence-corrected chi connectivity index (χ0v) is 12.1. The summed E-state index contributed by atoms with van der Waals surface area (Å²) in [4.78, 5) is 14.3. The minimum absolute atomic E-state index is 0.304. The molecule has 0 aromatic rings. The van der Waals surface area contributed by atoms with Gasteiger partial charge in [0.1, 0.15) is 0 Å². The van der Waals surface area contributed by atoms with Gasteiger partial charge in [0.05, 0.1) is 5.75 Å². The van der Waals surface area contributed by atoms with Crippen molar-refractivity contribution < 1.29 is 4.79 Å². The molecule has 1 aliphatic heterocycles. The number of thioether (sulfide) groups is 1. The topological polar surface area (TPSA) is 46.3 Å². The molecule has 0 aliphatic carbocycles. The Morgan fingerprint density at radius 1 is 1.41 bits per heavy atom. The van der Waals surface area contributed by atoms with Crippen LogP contribution in [0.1, 0.15) is 46.5 Å². The van der Waals surface area contributed by atoms with Gasteiger partial charge in [-0.15, -0.1) is 11.8 Å². The number of amides is 1. The number of hydrogen-bond donors (Lipinski definition) is 1. The van der Waals surface area contributed by atoms with Gasteiger partial charge in [-0.1, -0.05) is 6.92 Å². The molecule has 0 aromatic heterocycles. The predicted octanol–water partition coefficient (Wildman–Crippen LogP) is 2.25. The van der Waals surface area contributed by atoms with E-state index in [4.69, 9.17) is 5.73 Å². The molecule has 4 heteroatoms. The molecule has 1 rings (SSSR count). The second kappa shape index (κ2) is 7.27. The highest BCUT2D eigenvalue weighted by atomic mass is 32.2. The number of hydrogen-bond acceptors (Lipinski definition) is 3. The van der Waals surface area contributed by atoms with Crippen LogP contribution in [0.4, 0.5) is 0 Å². The van der Waals surface area contributed by atoms with E-state index in [0.29, 0.717) is 35.5 Å². The van der Waals surface area contributed by atoms with E-state index in [1.54, 1.807) is 11.8 Å². The first kappa shape index (κ1) is 14.8. The zero-order chi connectivity index (χ0) is 12.8. The summed E-state index contributed by atoms with van der Waals surface area (Å²) in [6.07, 6.45) is 4.55. The molecule has 0 radical (unpaired) electrons. The van der Waals surface area contributed by atoms with Gasteiger partial charge >= 0.3 is 0 Å². The van der Waals surface area contributed by atoms with Crippen molar-refractivity contribution in [3.8, 4) is 0 Å². The monoisotopic (exact) mass is 258 g/mol. The first-order valence-corrected chi connectivity index (χ1v) is 7.74. The molecule has 3 atom stereocenters. The van der Waals surface area contributed by atoms with Crippen LogP contribution in [-0.2, 0) is 4.79 Å². The first-order chi connectivity index (χ1) is 8.06. The standard InChI is InChI=1S/C13H26N2OS/c1-10-5-4-6-11(2)15(10)13(16)9-17-12(3)7-8-14/h10-12H,4-9,14H2,1-3H3. The van der Waals surface area contributed by atoms with Crippen molar-refractivity contribution in [2.45, 2.75) is 63.8 Å². The van der Waals surface area contributed by atoms with Crippen molar-refractivity contribution in [3.63, 3.8) is 0 Å². The third-order valence-electron chi connectivity index (χ3n) is 3.55. The molecule has 3 unspecified atom stereocenters. The van der Waals surface area contributed by atoms with Crippen molar-refractivity contribution in [1.82, 2.24) is 4.90 Å². The zero-order valence-electron chi connectivity index (χ0n) is 11.3. The molecule has 1 aliphatic rings. The van der Waals surface area contributed by atoms with Crippen LogP contribution in [-0.4, -0.2) is 40.4 Å². The number of rotatable bonds is 5. The summed E-state index contributed by atoms with van der Waals surface area (Å²) < 4.78 is 0. The Morgan fingerprint density at radius 2 is 2.00 bits per heavy atom. The summed E-state index contributed by atoms with van der Waals surface area (Å²) >= 11 is 1.74. The van der Waals surface area contributed by atoms with E-state index in [1.807, 2.05) is 0 Å². The molecule has 1 heterocycles. The van der Waals surface area contributed by atoms with Crippen LogP contribution in [0, 0.1) is 0 Å². The smallest absolute Gasteiger partial charge is 0.233 e. The number of nitrogens with two attached hydrogens (primary N) is 1. The van der Waals surface area contributed by atoms with Crippen LogP contribution in [0.5, 0.6) is 0 Å². The predicted molar refractivity (Wildman–Crippen MR) is 75.2 cm³/mol. The van der Waals surface area contributed by atoms with Crippen molar-refractivity contribution in [2.75, 3.05) is 12.3 Å². The van der Waals surface area contributed by atoms with Crippen molar-refractivity contribution >= 4 is 17.7 Å². The van der Waals surface area contributed by atoms with Gasteiger partial charge in [0.25, 0.3) is 0 Å². The van der Waals surface area contributed by atoms with Crippen LogP contribution in [0.3, 0.4) is 0 Å². The number of carbonyl (C=O) groups is 1. The summed E-state index contributed by atoms with van der Waals surface area (Å²) in [5.74, 6) is 0.911. The maximum Gasteiger partial charge on any atom is 0.233 e. The Labute approximate surface area is 109 Å². The Morgan fingerprint density at radius 3 is 2.53 bits per heavy atom. The molecule has 0 aromatic carbocycles. The lowest BCUT2D eigenvalue weighted by molar-refractivity contribution is -0.134. The fourth-order valence-corrected chi connectivity index (χ4v) is 3.40. The number of likely N-dealkylation sites (tertiary alicyclic amines) is 1. The number of piperidine rings is 1. The normalized spacial score (nSPS) is 26.9. The Balaban J connectivity index is 2.40. The van der Waals surface area contributed by atoms with E-state index in [2.05, 4.69) is 25.7 Å². The van der Waals surface area contributed by atoms with Gasteiger partial charge in [-0.25, -0.2) is 0 Å². The molecule has 1 amide bonds. The molecule has 1 fully saturated rings. The Bertz CT molecular complexity index is 238. The van der Waals surface area contributed by atoms with Gasteiger partial charge in [0, 0.05) is 17.3 Å². The van der Waals surface area contributed by atoms with E-state index in [9.17, 15) is 4.79 Å². The molecule has 100 valence electrons. The average Bonchev–Trinajstić information content (AvgIpc) is 2.26. The highest BCUT2D eigenvalue weighted by molar-refractivity contribution is 8.00. The van der Waals surface area contributed by atoms with Gasteiger partial charge in [0.15, 0.2) is 0 Å². The fourth-order valence-electron chi connectivity index (χ4n) is 2.52. The van der Waals surface area contributed by atoms with Crippen LogP contribution in [0.25, 0.3) is 0 Å². The van der Waals surface area contributed by atoms with Gasteiger partial charge in [-0.3, -0.25) is 4.79 Å². The minimum Gasteiger partial charge on any atom is -0.337 e. The maximum atomic E-state index is 12.2. The van der Waals surface area contributed by atoms with Crippen molar-refractivity contribution in [2.24, 2.45) is 5.73 Å². The summed E-state index contributed by atoms with van der Waals surface area (Å²) in [7, 11) is 0. The molecular formula is C13H26N2OS. The van der Waals surface area contributed by atoms with Crippen LogP contribution in [0.15, 0.2) is 0 Å². The van der Waals surface area contributed by atoms with Crippen molar-refractivity contribution in [3.05, 3.63) is 0 Å². The molecule has 0 spiro atoms. The lowest BCUT2D eigenvalue weighted by atomic mass is 9.98. The summed E-state index contributed by atoms with van der Waals surface area (Å²) in [5, 5.41) is 0.486. The second-order valence-electron chi connectivity index (χ2n) is 5.13. The number of carbonyl (C=O) groups excluding carboxylic acids is 1. The summed E-state index contributed by atoms with van der Waals surface area (Å²) in [5.41, 5.74) is 5.51. The molecule has 17 heavy (non-hydrogen) atoms. The summed E-state index contributed by atoms with van der Waals surface area (Å²) in [6.45, 7) is 7.19. The third-order valence-corrected chi connectivity index (χ3v) is 4.76. The van der Waals surface area contributed by atoms with Crippen LogP contribution >= 0.6 is 11.8 Å². The largest absolute Gasteiger partial charge is 0.337 e. The summed E-state index contributed by atoms with van der Waals surface area (Å²) in [6, 6.07) is 0.827. The first-order valence-electron chi connectivity index (χ1n) is 6.69. The van der Waals surface area contributed by atoms with Crippen LogP contribution in [0.2, 0.25) is 0 Å². The van der Waals surface area contributed by atoms with E-state index in [-0.39, 0.29) is 0 Å². The van der Waals surface area contributed by atoms with Crippen molar-refractivity contribution in [1.29, 1.82) is 0 Å². The van der Waals surface area contributed by atoms with Gasteiger partial charge in [-0.2, -0.15) is 0 Å². The van der Waals surface area contributed by atoms with E-state index in [0.717, 1.165) is 19.3 Å². The molecule has 0 saturated carbocycles. The van der Waals surface area contributed by atoms with Crippen LogP contribution < -0.4 is 5.73 Å². The Hall–Kier alpha value is -0.220. The van der Waals surface area contributed by atoms with E-state index in [1.165, 1.54) is 6.42 Å². The van der Waals surface area contributed by atoms with Gasteiger partial charge in [-0.05, 0) is 46.1 Å². The van der Waals surface area contributed by atoms with Gasteiger partial charge < -0.3 is 10.6 Å².